The third-order valence-corrected chi connectivity index (χ3v) is 1.47. The zero-order valence-corrected chi connectivity index (χ0v) is 7.12. The highest BCUT2D eigenvalue weighted by molar-refractivity contribution is 5.48. The molecule has 68 valence electrons. The van der Waals surface area contributed by atoms with E-state index in [4.69, 9.17) is 10.8 Å². The van der Waals surface area contributed by atoms with E-state index in [1.54, 1.807) is 6.07 Å². The molecule has 0 aliphatic carbocycles. The Morgan fingerprint density at radius 2 is 2.08 bits per heavy atom. The van der Waals surface area contributed by atoms with Crippen LogP contribution < -0.4 is 5.73 Å². The first-order valence-corrected chi connectivity index (χ1v) is 3.95. The second-order valence-electron chi connectivity index (χ2n) is 2.54. The summed E-state index contributed by atoms with van der Waals surface area (Å²) in [6.07, 6.45) is 0.598. The molecular formula is C10H11NO2. The number of rotatable bonds is 1. The van der Waals surface area contributed by atoms with Gasteiger partial charge in [0.25, 0.3) is 0 Å². The molecular weight excluding hydrogens is 166 g/mol. The van der Waals surface area contributed by atoms with Crippen molar-refractivity contribution in [3.8, 4) is 23.3 Å². The molecule has 0 amide bonds. The number of phenols is 2. The lowest BCUT2D eigenvalue weighted by Crippen LogP contribution is -1.95. The lowest BCUT2D eigenvalue weighted by Gasteiger charge is -1.96. The lowest BCUT2D eigenvalue weighted by atomic mass is 10.2. The van der Waals surface area contributed by atoms with Crippen molar-refractivity contribution in [1.82, 2.24) is 0 Å². The molecule has 1 rings (SSSR count). The molecule has 3 nitrogen and oxygen atoms in total. The van der Waals surface area contributed by atoms with Crippen molar-refractivity contribution >= 4 is 0 Å². The van der Waals surface area contributed by atoms with E-state index in [1.165, 1.54) is 12.1 Å². The number of nitrogens with two attached hydrogens (primary N) is 1. The van der Waals surface area contributed by atoms with Crippen LogP contribution >= 0.6 is 0 Å². The van der Waals surface area contributed by atoms with Crippen molar-refractivity contribution in [2.24, 2.45) is 5.73 Å². The van der Waals surface area contributed by atoms with Gasteiger partial charge in [-0.1, -0.05) is 11.8 Å². The molecule has 3 heteroatoms. The molecule has 0 fully saturated rings. The van der Waals surface area contributed by atoms with Crippen LogP contribution in [0.5, 0.6) is 11.5 Å². The highest BCUT2D eigenvalue weighted by atomic mass is 16.3. The lowest BCUT2D eigenvalue weighted by molar-refractivity contribution is 0.449. The predicted molar refractivity (Wildman–Crippen MR) is 50.3 cm³/mol. The van der Waals surface area contributed by atoms with Crippen molar-refractivity contribution in [2.45, 2.75) is 6.42 Å². The smallest absolute Gasteiger partial charge is 0.134 e. The number of phenolic OH excluding ortho intramolecular Hbond substituents is 2. The van der Waals surface area contributed by atoms with Crippen molar-refractivity contribution in [2.75, 3.05) is 6.54 Å². The van der Waals surface area contributed by atoms with Crippen LogP contribution in [0, 0.1) is 11.8 Å². The van der Waals surface area contributed by atoms with Crippen LogP contribution in [0.3, 0.4) is 0 Å². The largest absolute Gasteiger partial charge is 0.508 e. The first-order valence-electron chi connectivity index (χ1n) is 3.95. The summed E-state index contributed by atoms with van der Waals surface area (Å²) in [4.78, 5) is 0. The van der Waals surface area contributed by atoms with Crippen molar-refractivity contribution < 1.29 is 10.2 Å². The molecule has 0 bridgehead atoms. The monoisotopic (exact) mass is 177 g/mol. The van der Waals surface area contributed by atoms with Gasteiger partial charge in [-0.3, -0.25) is 0 Å². The molecule has 0 radical (unpaired) electrons. The maximum Gasteiger partial charge on any atom is 0.134 e. The average molecular weight is 177 g/mol. The SMILES string of the molecule is NCCC#Cc1ccc(O)cc1O. The van der Waals surface area contributed by atoms with Gasteiger partial charge in [0.1, 0.15) is 11.5 Å². The van der Waals surface area contributed by atoms with E-state index in [-0.39, 0.29) is 11.5 Å². The fourth-order valence-corrected chi connectivity index (χ4v) is 0.856. The standard InChI is InChI=1S/C10H11NO2/c11-6-2-1-3-8-4-5-9(12)7-10(8)13/h4-5,7,12-13H,2,6,11H2. The third kappa shape index (κ3) is 2.69. The van der Waals surface area contributed by atoms with Gasteiger partial charge in [-0.15, -0.1) is 0 Å². The van der Waals surface area contributed by atoms with E-state index in [9.17, 15) is 5.11 Å². The molecule has 0 aliphatic rings. The van der Waals surface area contributed by atoms with Gasteiger partial charge >= 0.3 is 0 Å². The maximum absolute atomic E-state index is 9.30. The van der Waals surface area contributed by atoms with Gasteiger partial charge in [0.2, 0.25) is 0 Å². The predicted octanol–water partition coefficient (Wildman–Crippen LogP) is 0.798. The van der Waals surface area contributed by atoms with Gasteiger partial charge in [-0.05, 0) is 12.1 Å². The Kier molecular flexibility index (Phi) is 3.18. The zero-order chi connectivity index (χ0) is 9.68. The Labute approximate surface area is 76.8 Å². The topological polar surface area (TPSA) is 66.5 Å². The Hall–Kier alpha value is -1.66. The van der Waals surface area contributed by atoms with Crippen LogP contribution in [-0.2, 0) is 0 Å². The molecule has 1 aromatic rings. The second kappa shape index (κ2) is 4.39. The summed E-state index contributed by atoms with van der Waals surface area (Å²) < 4.78 is 0. The molecule has 0 atom stereocenters. The molecule has 0 saturated heterocycles. The van der Waals surface area contributed by atoms with E-state index in [0.29, 0.717) is 18.5 Å². The fraction of sp³-hybridized carbons (Fsp3) is 0.200. The second-order valence-corrected chi connectivity index (χ2v) is 2.54. The van der Waals surface area contributed by atoms with Crippen LogP contribution in [0.4, 0.5) is 0 Å². The van der Waals surface area contributed by atoms with Crippen molar-refractivity contribution in [3.05, 3.63) is 23.8 Å². The van der Waals surface area contributed by atoms with Crippen LogP contribution in [0.1, 0.15) is 12.0 Å². The summed E-state index contributed by atoms with van der Waals surface area (Å²) in [6.45, 7) is 0.506. The van der Waals surface area contributed by atoms with E-state index in [0.717, 1.165) is 0 Å². The van der Waals surface area contributed by atoms with Crippen LogP contribution in [-0.4, -0.2) is 16.8 Å². The van der Waals surface area contributed by atoms with E-state index >= 15 is 0 Å². The molecule has 4 N–H and O–H groups in total. The molecule has 1 aromatic carbocycles. The molecule has 0 spiro atoms. The minimum Gasteiger partial charge on any atom is -0.508 e. The summed E-state index contributed by atoms with van der Waals surface area (Å²) >= 11 is 0. The minimum absolute atomic E-state index is 0.00970. The van der Waals surface area contributed by atoms with Gasteiger partial charge in [0, 0.05) is 19.0 Å². The summed E-state index contributed by atoms with van der Waals surface area (Å²) in [5, 5.41) is 18.3. The van der Waals surface area contributed by atoms with Crippen molar-refractivity contribution in [1.29, 1.82) is 0 Å². The van der Waals surface area contributed by atoms with E-state index in [1.807, 2.05) is 0 Å². The van der Waals surface area contributed by atoms with Crippen LogP contribution in [0.25, 0.3) is 0 Å². The molecule has 0 heterocycles. The Balaban J connectivity index is 2.85. The molecule has 0 saturated carbocycles. The summed E-state index contributed by atoms with van der Waals surface area (Å²) in [6, 6.07) is 4.30. The van der Waals surface area contributed by atoms with Crippen LogP contribution in [0.15, 0.2) is 18.2 Å². The Morgan fingerprint density at radius 3 is 2.69 bits per heavy atom. The zero-order valence-electron chi connectivity index (χ0n) is 7.12. The van der Waals surface area contributed by atoms with E-state index in [2.05, 4.69) is 11.8 Å². The molecule has 13 heavy (non-hydrogen) atoms. The van der Waals surface area contributed by atoms with Gasteiger partial charge in [0.05, 0.1) is 5.56 Å². The highest BCUT2D eigenvalue weighted by Crippen LogP contribution is 2.21. The fourth-order valence-electron chi connectivity index (χ4n) is 0.856. The first-order chi connectivity index (χ1) is 6.24. The molecule has 0 aromatic heterocycles. The quantitative estimate of drug-likeness (QED) is 0.556. The minimum atomic E-state index is -0.00970. The van der Waals surface area contributed by atoms with Gasteiger partial charge in [-0.25, -0.2) is 0 Å². The first kappa shape index (κ1) is 9.43. The Bertz CT molecular complexity index is 350. The maximum atomic E-state index is 9.30. The average Bonchev–Trinajstić information content (AvgIpc) is 2.09. The van der Waals surface area contributed by atoms with Gasteiger partial charge < -0.3 is 15.9 Å². The summed E-state index contributed by atoms with van der Waals surface area (Å²) in [5.41, 5.74) is 5.76. The van der Waals surface area contributed by atoms with Gasteiger partial charge in [0.15, 0.2) is 0 Å². The summed E-state index contributed by atoms with van der Waals surface area (Å²) in [5.74, 6) is 5.56. The summed E-state index contributed by atoms with van der Waals surface area (Å²) in [7, 11) is 0. The van der Waals surface area contributed by atoms with Gasteiger partial charge in [-0.2, -0.15) is 0 Å². The Morgan fingerprint density at radius 1 is 1.31 bits per heavy atom. The molecule has 0 unspecified atom stereocenters. The number of benzene rings is 1. The van der Waals surface area contributed by atoms with Crippen molar-refractivity contribution in [3.63, 3.8) is 0 Å². The van der Waals surface area contributed by atoms with E-state index < -0.39 is 0 Å². The number of aromatic hydroxyl groups is 2. The third-order valence-electron chi connectivity index (χ3n) is 1.47. The number of hydrogen-bond donors (Lipinski definition) is 3. The normalized spacial score (nSPS) is 9.00. The van der Waals surface area contributed by atoms with Crippen LogP contribution in [0.2, 0.25) is 0 Å². The molecule has 0 aliphatic heterocycles. The number of hydrogen-bond acceptors (Lipinski definition) is 3. The highest BCUT2D eigenvalue weighted by Gasteiger charge is 1.97.